The molecule has 5 nitrogen and oxygen atoms in total. The Morgan fingerprint density at radius 1 is 1.24 bits per heavy atom. The number of fused-ring (bicyclic) bond motifs is 3. The standard InChI is InChI=1S/C18H19ClN4O.ClH/c19-15-2-1-12-10-20-16(8-13(12)7-15)21-17-9-18(24-22-17)11-23-5-3-14(18)4-6-23;/h1-2,7-8,10,14H,3-6,9,11H2,(H,20,21,22);1H/t18-;/m0./s1. The topological polar surface area (TPSA) is 49.8 Å². The van der Waals surface area contributed by atoms with Gasteiger partial charge in [0.1, 0.15) is 11.4 Å². The number of nitrogens with one attached hydrogen (secondary N) is 1. The van der Waals surface area contributed by atoms with Crippen molar-refractivity contribution in [2.45, 2.75) is 24.9 Å². The molecule has 0 amide bonds. The first kappa shape index (κ1) is 17.0. The number of aliphatic imine (C=N–C) groups is 1. The normalized spacial score (nSPS) is 32.1. The molecule has 7 heteroatoms. The highest BCUT2D eigenvalue weighted by Gasteiger charge is 2.52. The molecule has 1 aromatic heterocycles. The van der Waals surface area contributed by atoms with Gasteiger partial charge in [0.05, 0.1) is 0 Å². The van der Waals surface area contributed by atoms with Crippen LogP contribution < -0.4 is 5.48 Å². The van der Waals surface area contributed by atoms with Crippen LogP contribution >= 0.6 is 24.0 Å². The van der Waals surface area contributed by atoms with Gasteiger partial charge in [0.2, 0.25) is 0 Å². The van der Waals surface area contributed by atoms with Crippen molar-refractivity contribution in [3.63, 3.8) is 0 Å². The number of pyridine rings is 1. The maximum atomic E-state index is 6.08. The summed E-state index contributed by atoms with van der Waals surface area (Å²) in [6, 6.07) is 7.76. The summed E-state index contributed by atoms with van der Waals surface area (Å²) in [5.74, 6) is 2.19. The van der Waals surface area contributed by atoms with Gasteiger partial charge in [-0.1, -0.05) is 17.7 Å². The Labute approximate surface area is 157 Å². The minimum absolute atomic E-state index is 0. The highest BCUT2D eigenvalue weighted by Crippen LogP contribution is 2.42. The third-order valence-electron chi connectivity index (χ3n) is 5.58. The molecular weight excluding hydrogens is 359 g/mol. The van der Waals surface area contributed by atoms with Crippen molar-refractivity contribution in [3.8, 4) is 0 Å². The molecule has 1 aromatic carbocycles. The maximum Gasteiger partial charge on any atom is 0.154 e. The molecule has 0 saturated carbocycles. The fraction of sp³-hybridized carbons (Fsp3) is 0.444. The predicted molar refractivity (Wildman–Crippen MR) is 102 cm³/mol. The number of hydrogen-bond acceptors (Lipinski definition) is 4. The fourth-order valence-electron chi connectivity index (χ4n) is 4.32. The molecule has 4 aliphatic rings. The summed E-state index contributed by atoms with van der Waals surface area (Å²) in [6.45, 7) is 3.41. The van der Waals surface area contributed by atoms with Crippen molar-refractivity contribution in [1.29, 1.82) is 0 Å². The Morgan fingerprint density at radius 3 is 2.84 bits per heavy atom. The SMILES string of the molecule is Cl.Clc1ccc2cnc(N=C3C[C@@]4(CN5CCC4CC5)ON3)cc2c1. The quantitative estimate of drug-likeness (QED) is 0.821. The summed E-state index contributed by atoms with van der Waals surface area (Å²) in [5.41, 5.74) is 2.97. The Kier molecular flexibility index (Phi) is 4.36. The Morgan fingerprint density at radius 2 is 2.08 bits per heavy atom. The number of amidine groups is 1. The Bertz CT molecular complexity index is 835. The highest BCUT2D eigenvalue weighted by atomic mass is 35.5. The summed E-state index contributed by atoms with van der Waals surface area (Å²) in [6.07, 6.45) is 5.12. The van der Waals surface area contributed by atoms with E-state index in [-0.39, 0.29) is 18.0 Å². The van der Waals surface area contributed by atoms with Crippen molar-refractivity contribution >= 4 is 46.4 Å². The molecule has 25 heavy (non-hydrogen) atoms. The van der Waals surface area contributed by atoms with Crippen LogP contribution in [0.25, 0.3) is 10.8 Å². The maximum absolute atomic E-state index is 6.08. The van der Waals surface area contributed by atoms with Gasteiger partial charge in [-0.2, -0.15) is 0 Å². The number of piperidine rings is 3. The average Bonchev–Trinajstić information content (AvgIpc) is 2.97. The molecule has 0 unspecified atom stereocenters. The second kappa shape index (κ2) is 6.40. The van der Waals surface area contributed by atoms with Crippen LogP contribution in [0, 0.1) is 5.92 Å². The second-order valence-electron chi connectivity index (χ2n) is 7.09. The minimum Gasteiger partial charge on any atom is -0.300 e. The Hall–Kier alpha value is -1.40. The molecule has 132 valence electrons. The van der Waals surface area contributed by atoms with Gasteiger partial charge >= 0.3 is 0 Å². The number of rotatable bonds is 1. The lowest BCUT2D eigenvalue weighted by molar-refractivity contribution is -0.150. The molecule has 2 aromatic rings. The van der Waals surface area contributed by atoms with Crippen molar-refractivity contribution < 1.29 is 4.84 Å². The summed E-state index contributed by atoms with van der Waals surface area (Å²) < 4.78 is 0. The molecule has 0 aliphatic carbocycles. The molecule has 6 rings (SSSR count). The van der Waals surface area contributed by atoms with Gasteiger partial charge in [-0.15, -0.1) is 12.4 Å². The number of halogens is 2. The van der Waals surface area contributed by atoms with Crippen LogP contribution in [0.15, 0.2) is 35.5 Å². The lowest BCUT2D eigenvalue weighted by atomic mass is 9.74. The summed E-state index contributed by atoms with van der Waals surface area (Å²) in [4.78, 5) is 17.7. The van der Waals surface area contributed by atoms with E-state index in [9.17, 15) is 0 Å². The smallest absolute Gasteiger partial charge is 0.154 e. The average molecular weight is 379 g/mol. The van der Waals surface area contributed by atoms with E-state index in [0.717, 1.165) is 34.6 Å². The van der Waals surface area contributed by atoms with Gasteiger partial charge in [-0.05, 0) is 55.4 Å². The molecule has 4 saturated heterocycles. The van der Waals surface area contributed by atoms with Crippen LogP contribution in [-0.4, -0.2) is 41.0 Å². The molecular formula is C18H20Cl2N4O. The number of benzene rings is 1. The summed E-state index contributed by atoms with van der Waals surface area (Å²) in [7, 11) is 0. The molecule has 0 radical (unpaired) electrons. The van der Waals surface area contributed by atoms with Crippen molar-refractivity contribution in [3.05, 3.63) is 35.5 Å². The van der Waals surface area contributed by atoms with Gasteiger partial charge in [0.15, 0.2) is 5.82 Å². The largest absolute Gasteiger partial charge is 0.300 e. The highest BCUT2D eigenvalue weighted by molar-refractivity contribution is 6.31. The van der Waals surface area contributed by atoms with Crippen LogP contribution in [0.5, 0.6) is 0 Å². The molecule has 4 aliphatic heterocycles. The summed E-state index contributed by atoms with van der Waals surface area (Å²) >= 11 is 6.08. The van der Waals surface area contributed by atoms with Crippen LogP contribution in [-0.2, 0) is 4.84 Å². The van der Waals surface area contributed by atoms with Crippen LogP contribution in [0.4, 0.5) is 5.82 Å². The number of hydroxylamine groups is 1. The van der Waals surface area contributed by atoms with E-state index in [1.807, 2.05) is 30.5 Å². The lowest BCUT2D eigenvalue weighted by Crippen LogP contribution is -2.59. The zero-order valence-electron chi connectivity index (χ0n) is 13.7. The molecule has 1 atom stereocenters. The zero-order valence-corrected chi connectivity index (χ0v) is 15.3. The van der Waals surface area contributed by atoms with Gasteiger partial charge in [-0.25, -0.2) is 9.98 Å². The van der Waals surface area contributed by atoms with E-state index in [2.05, 4.69) is 20.4 Å². The summed E-state index contributed by atoms with van der Waals surface area (Å²) in [5, 5.41) is 2.84. The van der Waals surface area contributed by atoms with Crippen LogP contribution in [0.1, 0.15) is 19.3 Å². The monoisotopic (exact) mass is 378 g/mol. The zero-order chi connectivity index (χ0) is 16.1. The van der Waals surface area contributed by atoms with Gasteiger partial charge in [-0.3, -0.25) is 10.3 Å². The lowest BCUT2D eigenvalue weighted by Gasteiger charge is -2.49. The van der Waals surface area contributed by atoms with Gasteiger partial charge in [0.25, 0.3) is 0 Å². The van der Waals surface area contributed by atoms with E-state index in [1.54, 1.807) is 0 Å². The Balaban J connectivity index is 0.00000157. The van der Waals surface area contributed by atoms with Gasteiger partial charge < -0.3 is 4.90 Å². The van der Waals surface area contributed by atoms with Crippen molar-refractivity contribution in [2.75, 3.05) is 19.6 Å². The third-order valence-corrected chi connectivity index (χ3v) is 5.82. The molecule has 1 spiro atoms. The first-order chi connectivity index (χ1) is 11.7. The molecule has 4 fully saturated rings. The minimum atomic E-state index is -0.102. The first-order valence-electron chi connectivity index (χ1n) is 8.49. The van der Waals surface area contributed by atoms with Crippen molar-refractivity contribution in [1.82, 2.24) is 15.4 Å². The van der Waals surface area contributed by atoms with Crippen molar-refractivity contribution in [2.24, 2.45) is 10.9 Å². The fourth-order valence-corrected chi connectivity index (χ4v) is 4.50. The molecule has 2 bridgehead atoms. The second-order valence-corrected chi connectivity index (χ2v) is 7.53. The van der Waals surface area contributed by atoms with Gasteiger partial charge in [0, 0.05) is 29.6 Å². The van der Waals surface area contributed by atoms with E-state index in [1.165, 1.54) is 25.9 Å². The number of aromatic nitrogens is 1. The molecule has 5 heterocycles. The van der Waals surface area contributed by atoms with E-state index >= 15 is 0 Å². The number of hydrogen-bond donors (Lipinski definition) is 1. The third kappa shape index (κ3) is 2.99. The van der Waals surface area contributed by atoms with E-state index in [4.69, 9.17) is 16.4 Å². The van der Waals surface area contributed by atoms with Crippen LogP contribution in [0.2, 0.25) is 5.02 Å². The predicted octanol–water partition coefficient (Wildman–Crippen LogP) is 3.73. The number of nitrogens with zero attached hydrogens (tertiary/aromatic N) is 3. The first-order valence-corrected chi connectivity index (χ1v) is 8.87. The molecule has 1 N–H and O–H groups in total. The van der Waals surface area contributed by atoms with E-state index in [0.29, 0.717) is 11.7 Å². The van der Waals surface area contributed by atoms with Crippen LogP contribution in [0.3, 0.4) is 0 Å². The van der Waals surface area contributed by atoms with E-state index < -0.39 is 0 Å².